The summed E-state index contributed by atoms with van der Waals surface area (Å²) in [7, 11) is 0. The van der Waals surface area contributed by atoms with Crippen molar-refractivity contribution in [3.63, 3.8) is 0 Å². The highest BCUT2D eigenvalue weighted by Gasteiger charge is 2.03. The van der Waals surface area contributed by atoms with Crippen LogP contribution in [0.4, 0.5) is 4.39 Å². The Balaban J connectivity index is 2.38. The molecule has 1 aromatic rings. The Kier molecular flexibility index (Phi) is 6.43. The van der Waals surface area contributed by atoms with Crippen molar-refractivity contribution in [2.75, 3.05) is 13.1 Å². The Bertz CT molecular complexity index is 495. The maximum Gasteiger partial charge on any atom is 0.246 e. The number of halogens is 1. The molecule has 1 rings (SSSR count). The lowest BCUT2D eigenvalue weighted by Crippen LogP contribution is -2.29. The number of amides is 2. The molecule has 0 saturated carbocycles. The predicted molar refractivity (Wildman–Crippen MR) is 76.4 cm³/mol. The Morgan fingerprint density at radius 1 is 1.10 bits per heavy atom. The van der Waals surface area contributed by atoms with Crippen molar-refractivity contribution in [1.29, 1.82) is 0 Å². The van der Waals surface area contributed by atoms with Gasteiger partial charge in [-0.25, -0.2) is 4.39 Å². The number of carbonyl (C=O) groups excluding carboxylic acids is 2. The first-order chi connectivity index (χ1) is 9.49. The summed E-state index contributed by atoms with van der Waals surface area (Å²) < 4.78 is 12.7. The third kappa shape index (κ3) is 6.13. The van der Waals surface area contributed by atoms with Crippen LogP contribution in [-0.2, 0) is 9.59 Å². The van der Waals surface area contributed by atoms with Crippen LogP contribution in [0.25, 0.3) is 6.08 Å². The summed E-state index contributed by atoms with van der Waals surface area (Å²) in [5, 5.41) is 5.41. The summed E-state index contributed by atoms with van der Waals surface area (Å²) in [5.41, 5.74) is 1.33. The van der Waals surface area contributed by atoms with Gasteiger partial charge in [-0.3, -0.25) is 9.59 Å². The summed E-state index contributed by atoms with van der Waals surface area (Å²) in [6, 6.07) is 5.93. The van der Waals surface area contributed by atoms with Crippen molar-refractivity contribution in [1.82, 2.24) is 10.6 Å². The second kappa shape index (κ2) is 8.09. The van der Waals surface area contributed by atoms with E-state index in [1.807, 2.05) is 0 Å². The minimum absolute atomic E-state index is 0.0799. The molecule has 0 atom stereocenters. The maximum absolute atomic E-state index is 12.7. The standard InChI is InChI=1S/C15H19FN2O2/c1-11(10-13-4-6-14(16)7-5-13)15(20)18-9-3-8-17-12(2)19/h4-7,10H,3,8-9H2,1-2H3,(H,17,19)(H,18,20). The van der Waals surface area contributed by atoms with Gasteiger partial charge < -0.3 is 10.6 Å². The van der Waals surface area contributed by atoms with Gasteiger partial charge in [-0.05, 0) is 37.1 Å². The Morgan fingerprint density at radius 3 is 2.30 bits per heavy atom. The molecule has 20 heavy (non-hydrogen) atoms. The zero-order valence-electron chi connectivity index (χ0n) is 11.7. The summed E-state index contributed by atoms with van der Waals surface area (Å²) in [6.45, 7) is 4.19. The predicted octanol–water partition coefficient (Wildman–Crippen LogP) is 1.87. The minimum Gasteiger partial charge on any atom is -0.356 e. The van der Waals surface area contributed by atoms with Gasteiger partial charge in [0.15, 0.2) is 0 Å². The molecule has 0 aromatic heterocycles. The SMILES string of the molecule is CC(=O)NCCCNC(=O)C(C)=Cc1ccc(F)cc1. The van der Waals surface area contributed by atoms with Crippen molar-refractivity contribution in [3.05, 3.63) is 41.2 Å². The van der Waals surface area contributed by atoms with Crippen LogP contribution in [0.2, 0.25) is 0 Å². The fourth-order valence-corrected chi connectivity index (χ4v) is 1.57. The number of carbonyl (C=O) groups is 2. The van der Waals surface area contributed by atoms with Gasteiger partial charge in [0, 0.05) is 25.6 Å². The van der Waals surface area contributed by atoms with E-state index in [1.165, 1.54) is 19.1 Å². The molecule has 0 heterocycles. The molecule has 0 aliphatic rings. The van der Waals surface area contributed by atoms with Gasteiger partial charge in [0.25, 0.3) is 0 Å². The van der Waals surface area contributed by atoms with E-state index < -0.39 is 0 Å². The van der Waals surface area contributed by atoms with E-state index in [0.717, 1.165) is 5.56 Å². The van der Waals surface area contributed by atoms with E-state index in [-0.39, 0.29) is 17.6 Å². The topological polar surface area (TPSA) is 58.2 Å². The quantitative estimate of drug-likeness (QED) is 0.616. The molecule has 108 valence electrons. The molecule has 5 heteroatoms. The maximum atomic E-state index is 12.7. The molecule has 0 saturated heterocycles. The third-order valence-electron chi connectivity index (χ3n) is 2.62. The molecule has 0 spiro atoms. The first-order valence-corrected chi connectivity index (χ1v) is 6.45. The molecular weight excluding hydrogens is 259 g/mol. The van der Waals surface area contributed by atoms with Gasteiger partial charge in [-0.15, -0.1) is 0 Å². The molecule has 0 aliphatic carbocycles. The number of nitrogens with one attached hydrogen (secondary N) is 2. The van der Waals surface area contributed by atoms with Gasteiger partial charge in [-0.1, -0.05) is 12.1 Å². The van der Waals surface area contributed by atoms with Gasteiger partial charge in [-0.2, -0.15) is 0 Å². The highest BCUT2D eigenvalue weighted by Crippen LogP contribution is 2.08. The second-order valence-corrected chi connectivity index (χ2v) is 4.47. The molecule has 0 radical (unpaired) electrons. The van der Waals surface area contributed by atoms with Crippen LogP contribution in [-0.4, -0.2) is 24.9 Å². The van der Waals surface area contributed by atoms with E-state index in [4.69, 9.17) is 0 Å². The first-order valence-electron chi connectivity index (χ1n) is 6.45. The zero-order chi connectivity index (χ0) is 15.0. The van der Waals surface area contributed by atoms with Crippen LogP contribution in [0.5, 0.6) is 0 Å². The van der Waals surface area contributed by atoms with E-state index >= 15 is 0 Å². The molecule has 1 aromatic carbocycles. The van der Waals surface area contributed by atoms with Crippen LogP contribution in [0.15, 0.2) is 29.8 Å². The van der Waals surface area contributed by atoms with Crippen molar-refractivity contribution >= 4 is 17.9 Å². The third-order valence-corrected chi connectivity index (χ3v) is 2.62. The van der Waals surface area contributed by atoms with Crippen LogP contribution in [0.3, 0.4) is 0 Å². The second-order valence-electron chi connectivity index (χ2n) is 4.47. The Hall–Kier alpha value is -2.17. The summed E-state index contributed by atoms with van der Waals surface area (Å²) >= 11 is 0. The van der Waals surface area contributed by atoms with Crippen molar-refractivity contribution in [2.45, 2.75) is 20.3 Å². The molecule has 0 bridgehead atoms. The average Bonchev–Trinajstić information content (AvgIpc) is 2.40. The zero-order valence-corrected chi connectivity index (χ0v) is 11.7. The number of rotatable bonds is 6. The van der Waals surface area contributed by atoms with Crippen LogP contribution in [0.1, 0.15) is 25.8 Å². The summed E-state index contributed by atoms with van der Waals surface area (Å²) in [4.78, 5) is 22.4. The lowest BCUT2D eigenvalue weighted by molar-refractivity contribution is -0.119. The highest BCUT2D eigenvalue weighted by atomic mass is 19.1. The number of hydrogen-bond acceptors (Lipinski definition) is 2. The lowest BCUT2D eigenvalue weighted by Gasteiger charge is -2.06. The van der Waals surface area contributed by atoms with Crippen LogP contribution < -0.4 is 10.6 Å². The van der Waals surface area contributed by atoms with E-state index in [9.17, 15) is 14.0 Å². The average molecular weight is 278 g/mol. The smallest absolute Gasteiger partial charge is 0.246 e. The largest absolute Gasteiger partial charge is 0.356 e. The number of hydrogen-bond donors (Lipinski definition) is 2. The van der Waals surface area contributed by atoms with Crippen molar-refractivity contribution in [2.24, 2.45) is 0 Å². The molecule has 4 nitrogen and oxygen atoms in total. The lowest BCUT2D eigenvalue weighted by atomic mass is 10.1. The van der Waals surface area contributed by atoms with Crippen LogP contribution >= 0.6 is 0 Å². The molecule has 2 N–H and O–H groups in total. The van der Waals surface area contributed by atoms with Crippen LogP contribution in [0, 0.1) is 5.82 Å². The van der Waals surface area contributed by atoms with Gasteiger partial charge in [0.2, 0.25) is 11.8 Å². The summed E-state index contributed by atoms with van der Waals surface area (Å²) in [5.74, 6) is -0.553. The highest BCUT2D eigenvalue weighted by molar-refractivity contribution is 5.97. The van der Waals surface area contributed by atoms with E-state index in [0.29, 0.717) is 25.1 Å². The summed E-state index contributed by atoms with van der Waals surface area (Å²) in [6.07, 6.45) is 2.37. The molecule has 2 amide bonds. The molecule has 0 fully saturated rings. The van der Waals surface area contributed by atoms with Crippen molar-refractivity contribution in [3.8, 4) is 0 Å². The van der Waals surface area contributed by atoms with E-state index in [1.54, 1.807) is 25.1 Å². The minimum atomic E-state index is -0.303. The molecular formula is C15H19FN2O2. The monoisotopic (exact) mass is 278 g/mol. The normalized spacial score (nSPS) is 11.1. The fourth-order valence-electron chi connectivity index (χ4n) is 1.57. The first kappa shape index (κ1) is 15.9. The molecule has 0 unspecified atom stereocenters. The van der Waals surface area contributed by atoms with Gasteiger partial charge in [0.05, 0.1) is 0 Å². The van der Waals surface area contributed by atoms with Crippen molar-refractivity contribution < 1.29 is 14.0 Å². The number of benzene rings is 1. The fraction of sp³-hybridized carbons (Fsp3) is 0.333. The van der Waals surface area contributed by atoms with Gasteiger partial charge in [0.1, 0.15) is 5.82 Å². The van der Waals surface area contributed by atoms with Gasteiger partial charge >= 0.3 is 0 Å². The molecule has 0 aliphatic heterocycles. The Labute approximate surface area is 118 Å². The van der Waals surface area contributed by atoms with E-state index in [2.05, 4.69) is 10.6 Å². The Morgan fingerprint density at radius 2 is 1.70 bits per heavy atom.